The van der Waals surface area contributed by atoms with Crippen LogP contribution in [0.2, 0.25) is 0 Å². The lowest BCUT2D eigenvalue weighted by Gasteiger charge is -2.37. The Kier molecular flexibility index (Phi) is 6.85. The van der Waals surface area contributed by atoms with E-state index in [2.05, 4.69) is 41.4 Å². The molecular weight excluding hydrogens is 420 g/mol. The van der Waals surface area contributed by atoms with Gasteiger partial charge in [0.25, 0.3) is 5.89 Å². The number of benzene rings is 2. The molecule has 2 heterocycles. The van der Waals surface area contributed by atoms with Crippen molar-refractivity contribution in [1.82, 2.24) is 20.4 Å². The van der Waals surface area contributed by atoms with Gasteiger partial charge in [0.1, 0.15) is 5.75 Å². The maximum Gasteiger partial charge on any atom is 0.258 e. The monoisotopic (exact) mass is 448 g/mol. The van der Waals surface area contributed by atoms with E-state index in [4.69, 9.17) is 26.5 Å². The van der Waals surface area contributed by atoms with E-state index in [-0.39, 0.29) is 6.04 Å². The number of hydrogen-bond acceptors (Lipinski definition) is 5. The summed E-state index contributed by atoms with van der Waals surface area (Å²) in [4.78, 5) is 6.91. The quantitative estimate of drug-likeness (QED) is 0.355. The molecule has 1 atom stereocenters. The predicted molar refractivity (Wildman–Crippen MR) is 130 cm³/mol. The molecule has 4 rings (SSSR count). The molecule has 7 heteroatoms. The molecule has 1 aromatic heterocycles. The molecule has 1 aliphatic heterocycles. The topological polar surface area (TPSA) is 63.4 Å². The van der Waals surface area contributed by atoms with Gasteiger partial charge < -0.3 is 19.5 Å². The van der Waals surface area contributed by atoms with Crippen LogP contribution >= 0.6 is 12.2 Å². The van der Waals surface area contributed by atoms with Crippen LogP contribution in [0.3, 0.4) is 0 Å². The van der Waals surface area contributed by atoms with Gasteiger partial charge in [-0.05, 0) is 55.4 Å². The molecule has 2 aromatic carbocycles. The number of thiocarbonyl (C=S) groups is 1. The van der Waals surface area contributed by atoms with E-state index in [1.165, 1.54) is 0 Å². The molecular formula is C25H28N4O2S. The summed E-state index contributed by atoms with van der Waals surface area (Å²) >= 11 is 5.74. The van der Waals surface area contributed by atoms with Crippen molar-refractivity contribution in [3.8, 4) is 17.1 Å². The van der Waals surface area contributed by atoms with E-state index in [0.717, 1.165) is 59.1 Å². The number of rotatable bonds is 8. The van der Waals surface area contributed by atoms with Crippen molar-refractivity contribution in [3.05, 3.63) is 71.7 Å². The van der Waals surface area contributed by atoms with Gasteiger partial charge in [0.15, 0.2) is 5.11 Å². The van der Waals surface area contributed by atoms with Crippen molar-refractivity contribution in [3.63, 3.8) is 0 Å². The fourth-order valence-electron chi connectivity index (χ4n) is 3.93. The van der Waals surface area contributed by atoms with Gasteiger partial charge in [0, 0.05) is 17.8 Å². The second-order valence-electron chi connectivity index (χ2n) is 7.80. The van der Waals surface area contributed by atoms with Gasteiger partial charge in [0.2, 0.25) is 5.82 Å². The summed E-state index contributed by atoms with van der Waals surface area (Å²) in [6.45, 7) is 5.14. The first kappa shape index (κ1) is 22.0. The predicted octanol–water partition coefficient (Wildman–Crippen LogP) is 5.60. The minimum atomic E-state index is -0.157. The number of ether oxygens (including phenoxy) is 1. The number of aromatic nitrogens is 2. The lowest BCUT2D eigenvalue weighted by molar-refractivity contribution is 0.395. The van der Waals surface area contributed by atoms with Gasteiger partial charge in [0.05, 0.1) is 18.7 Å². The van der Waals surface area contributed by atoms with Crippen LogP contribution in [-0.2, 0) is 0 Å². The Morgan fingerprint density at radius 1 is 1.09 bits per heavy atom. The van der Waals surface area contributed by atoms with Gasteiger partial charge in [-0.15, -0.1) is 0 Å². The highest BCUT2D eigenvalue weighted by molar-refractivity contribution is 7.80. The Morgan fingerprint density at radius 3 is 2.53 bits per heavy atom. The third kappa shape index (κ3) is 4.53. The first-order valence-corrected chi connectivity index (χ1v) is 11.4. The lowest BCUT2D eigenvalue weighted by Crippen LogP contribution is -2.46. The number of allylic oxidation sites excluding steroid dienone is 1. The van der Waals surface area contributed by atoms with Gasteiger partial charge in [-0.3, -0.25) is 0 Å². The summed E-state index contributed by atoms with van der Waals surface area (Å²) in [6, 6.07) is 17.7. The van der Waals surface area contributed by atoms with Crippen LogP contribution in [0.4, 0.5) is 0 Å². The smallest absolute Gasteiger partial charge is 0.258 e. The Labute approximate surface area is 194 Å². The molecule has 0 saturated heterocycles. The summed E-state index contributed by atoms with van der Waals surface area (Å²) in [6.07, 6.45) is 3.39. The zero-order valence-electron chi connectivity index (χ0n) is 18.7. The molecule has 0 saturated carbocycles. The molecule has 0 aliphatic carbocycles. The molecule has 0 fully saturated rings. The van der Waals surface area contributed by atoms with E-state index in [9.17, 15) is 0 Å². The summed E-state index contributed by atoms with van der Waals surface area (Å²) in [5.74, 6) is 1.82. The first-order valence-electron chi connectivity index (χ1n) is 10.9. The maximum atomic E-state index is 5.79. The summed E-state index contributed by atoms with van der Waals surface area (Å²) in [5, 5.41) is 8.49. The fraction of sp³-hybridized carbons (Fsp3) is 0.320. The van der Waals surface area contributed by atoms with Crippen molar-refractivity contribution in [2.24, 2.45) is 0 Å². The van der Waals surface area contributed by atoms with E-state index >= 15 is 0 Å². The molecule has 6 nitrogen and oxygen atoms in total. The van der Waals surface area contributed by atoms with Crippen LogP contribution < -0.4 is 10.1 Å². The third-order valence-corrected chi connectivity index (χ3v) is 6.06. The SMILES string of the molecule is CCCCCN1C(=S)NC(c2ccccc2)C(c2nc(-c3ccc(OC)cc3)no2)=C1C. The highest BCUT2D eigenvalue weighted by Gasteiger charge is 2.33. The highest BCUT2D eigenvalue weighted by atomic mass is 32.1. The van der Waals surface area contributed by atoms with Crippen molar-refractivity contribution >= 4 is 22.9 Å². The van der Waals surface area contributed by atoms with Crippen LogP contribution in [0.15, 0.2) is 64.8 Å². The average Bonchev–Trinajstić information content (AvgIpc) is 3.31. The Hall–Kier alpha value is -3.19. The fourth-order valence-corrected chi connectivity index (χ4v) is 4.28. The van der Waals surface area contributed by atoms with E-state index in [1.54, 1.807) is 7.11 Å². The Bertz CT molecular complexity index is 1090. The minimum absolute atomic E-state index is 0.157. The first-order chi connectivity index (χ1) is 15.6. The standard InChI is InChI=1S/C25H28N4O2S/c1-4-5-9-16-29-17(2)21(22(26-25(29)32)18-10-7-6-8-11-18)24-27-23(28-31-24)19-12-14-20(30-3)15-13-19/h6-8,10-15,22H,4-5,9,16H2,1-3H3,(H,26,32). The van der Waals surface area contributed by atoms with Gasteiger partial charge in [-0.2, -0.15) is 4.98 Å². The van der Waals surface area contributed by atoms with Crippen molar-refractivity contribution < 1.29 is 9.26 Å². The largest absolute Gasteiger partial charge is 0.497 e. The highest BCUT2D eigenvalue weighted by Crippen LogP contribution is 2.37. The Balaban J connectivity index is 1.74. The Morgan fingerprint density at radius 2 is 1.84 bits per heavy atom. The van der Waals surface area contributed by atoms with E-state index in [1.807, 2.05) is 42.5 Å². The number of nitrogens with zero attached hydrogens (tertiary/aromatic N) is 3. The molecule has 0 radical (unpaired) electrons. The van der Waals surface area contributed by atoms with E-state index < -0.39 is 0 Å². The summed E-state index contributed by atoms with van der Waals surface area (Å²) in [7, 11) is 1.65. The second kappa shape index (κ2) is 9.96. The van der Waals surface area contributed by atoms with Gasteiger partial charge in [-0.25, -0.2) is 0 Å². The summed E-state index contributed by atoms with van der Waals surface area (Å²) < 4.78 is 11.0. The molecule has 0 spiro atoms. The average molecular weight is 449 g/mol. The van der Waals surface area contributed by atoms with Crippen LogP contribution in [0.1, 0.15) is 50.6 Å². The number of unbranched alkanes of at least 4 members (excludes halogenated alkanes) is 2. The van der Waals surface area contributed by atoms with Crippen LogP contribution in [0, 0.1) is 0 Å². The summed E-state index contributed by atoms with van der Waals surface area (Å²) in [5.41, 5.74) is 3.97. The van der Waals surface area contributed by atoms with E-state index in [0.29, 0.717) is 11.7 Å². The zero-order chi connectivity index (χ0) is 22.5. The second-order valence-corrected chi connectivity index (χ2v) is 8.19. The third-order valence-electron chi connectivity index (χ3n) is 5.72. The van der Waals surface area contributed by atoms with Gasteiger partial charge in [-0.1, -0.05) is 55.3 Å². The molecule has 166 valence electrons. The minimum Gasteiger partial charge on any atom is -0.497 e. The molecule has 3 aromatic rings. The molecule has 0 bridgehead atoms. The van der Waals surface area contributed by atoms with Crippen LogP contribution in [0.5, 0.6) is 5.75 Å². The van der Waals surface area contributed by atoms with Gasteiger partial charge >= 0.3 is 0 Å². The molecule has 1 unspecified atom stereocenters. The zero-order valence-corrected chi connectivity index (χ0v) is 19.5. The van der Waals surface area contributed by atoms with Crippen molar-refractivity contribution in [2.75, 3.05) is 13.7 Å². The maximum absolute atomic E-state index is 5.79. The molecule has 1 N–H and O–H groups in total. The number of nitrogens with one attached hydrogen (secondary N) is 1. The lowest BCUT2D eigenvalue weighted by atomic mass is 9.94. The number of hydrogen-bond donors (Lipinski definition) is 1. The molecule has 0 amide bonds. The molecule has 1 aliphatic rings. The van der Waals surface area contributed by atoms with Crippen LogP contribution in [-0.4, -0.2) is 33.8 Å². The van der Waals surface area contributed by atoms with Crippen molar-refractivity contribution in [2.45, 2.75) is 39.2 Å². The number of methoxy groups -OCH3 is 1. The normalized spacial score (nSPS) is 16.3. The van der Waals surface area contributed by atoms with Crippen molar-refractivity contribution in [1.29, 1.82) is 0 Å². The van der Waals surface area contributed by atoms with Crippen LogP contribution in [0.25, 0.3) is 17.0 Å². The molecule has 32 heavy (non-hydrogen) atoms.